The normalized spacial score (nSPS) is 14.2. The molecule has 0 aromatic carbocycles. The van der Waals surface area contributed by atoms with Crippen molar-refractivity contribution in [3.8, 4) is 0 Å². The number of unbranched alkanes of at least 4 members (excludes halogenated alkanes) is 5. The second-order valence-corrected chi connectivity index (χ2v) is 14.6. The van der Waals surface area contributed by atoms with Gasteiger partial charge in [0, 0.05) is 19.3 Å². The molecule has 0 N–H and O–H groups in total. The predicted molar refractivity (Wildman–Crippen MR) is 235 cm³/mol. The molecule has 57 heavy (non-hydrogen) atoms. The quantitative estimate of drug-likeness (QED) is 0.0207. The number of carbonyl (C=O) groups is 3. The number of hydrogen-bond donors (Lipinski definition) is 0. The van der Waals surface area contributed by atoms with Crippen LogP contribution in [0, 0.1) is 0 Å². The van der Waals surface area contributed by atoms with Crippen molar-refractivity contribution in [2.24, 2.45) is 0 Å². The molecule has 0 saturated heterocycles. The van der Waals surface area contributed by atoms with Gasteiger partial charge in [0.1, 0.15) is 12.6 Å². The van der Waals surface area contributed by atoms with Gasteiger partial charge in [-0.15, -0.1) is 0 Å². The Bertz CT molecular complexity index is 1340. The molecular formula is C49H75NO7. The van der Waals surface area contributed by atoms with Gasteiger partial charge in [0.25, 0.3) is 0 Å². The minimum Gasteiger partial charge on any atom is -0.544 e. The monoisotopic (exact) mass is 790 g/mol. The van der Waals surface area contributed by atoms with Crippen LogP contribution in [0.2, 0.25) is 0 Å². The fourth-order valence-corrected chi connectivity index (χ4v) is 5.24. The third kappa shape index (κ3) is 37.1. The number of carboxylic acid groups (broad SMARTS) is 1. The highest BCUT2D eigenvalue weighted by atomic mass is 16.6. The maximum absolute atomic E-state index is 12.7. The molecule has 0 rings (SSSR count). The fraction of sp³-hybridized carbons (Fsp3) is 0.531. The minimum atomic E-state index is -1.15. The second kappa shape index (κ2) is 38.6. The third-order valence-electron chi connectivity index (χ3n) is 8.47. The molecule has 0 spiro atoms. The number of esters is 2. The van der Waals surface area contributed by atoms with E-state index in [4.69, 9.17) is 14.2 Å². The number of rotatable bonds is 35. The predicted octanol–water partition coefficient (Wildman–Crippen LogP) is 10.1. The Labute approximate surface area is 346 Å². The highest BCUT2D eigenvalue weighted by Crippen LogP contribution is 2.11. The molecule has 0 fully saturated rings. The van der Waals surface area contributed by atoms with Crippen LogP contribution in [0.1, 0.15) is 117 Å². The summed E-state index contributed by atoms with van der Waals surface area (Å²) in [4.78, 5) is 36.8. The zero-order chi connectivity index (χ0) is 42.1. The summed E-state index contributed by atoms with van der Waals surface area (Å²) in [7, 11) is 5.35. The summed E-state index contributed by atoms with van der Waals surface area (Å²) in [5, 5.41) is 11.6. The number of hydrogen-bond acceptors (Lipinski definition) is 7. The zero-order valence-corrected chi connectivity index (χ0v) is 35.9. The van der Waals surface area contributed by atoms with E-state index in [1.54, 1.807) is 21.1 Å². The van der Waals surface area contributed by atoms with Crippen molar-refractivity contribution in [2.45, 2.75) is 129 Å². The molecule has 0 amide bonds. The first-order valence-corrected chi connectivity index (χ1v) is 21.1. The van der Waals surface area contributed by atoms with Crippen LogP contribution >= 0.6 is 0 Å². The van der Waals surface area contributed by atoms with Crippen molar-refractivity contribution in [3.05, 3.63) is 122 Å². The van der Waals surface area contributed by atoms with Gasteiger partial charge in [-0.1, -0.05) is 148 Å². The van der Waals surface area contributed by atoms with E-state index in [9.17, 15) is 19.5 Å². The fourth-order valence-electron chi connectivity index (χ4n) is 5.24. The summed E-state index contributed by atoms with van der Waals surface area (Å²) in [6, 6.07) is -0.749. The van der Waals surface area contributed by atoms with Crippen molar-refractivity contribution in [2.75, 3.05) is 41.0 Å². The van der Waals surface area contributed by atoms with Gasteiger partial charge in [0.05, 0.1) is 40.3 Å². The zero-order valence-electron chi connectivity index (χ0n) is 35.9. The lowest BCUT2D eigenvalue weighted by Crippen LogP contribution is -2.55. The van der Waals surface area contributed by atoms with E-state index in [2.05, 4.69) is 80.7 Å². The highest BCUT2D eigenvalue weighted by molar-refractivity contribution is 5.70. The van der Waals surface area contributed by atoms with E-state index < -0.39 is 18.1 Å². The van der Waals surface area contributed by atoms with Crippen LogP contribution in [0.3, 0.4) is 0 Å². The lowest BCUT2D eigenvalue weighted by molar-refractivity contribution is -0.889. The Morgan fingerprint density at radius 1 is 0.544 bits per heavy atom. The van der Waals surface area contributed by atoms with Crippen LogP contribution < -0.4 is 5.11 Å². The van der Waals surface area contributed by atoms with Gasteiger partial charge >= 0.3 is 11.9 Å². The number of allylic oxidation sites excluding steroid dienone is 20. The Morgan fingerprint density at radius 3 is 1.60 bits per heavy atom. The molecule has 0 aromatic rings. The molecule has 0 aliphatic rings. The second-order valence-electron chi connectivity index (χ2n) is 14.6. The van der Waals surface area contributed by atoms with E-state index in [-0.39, 0.29) is 55.5 Å². The van der Waals surface area contributed by atoms with E-state index in [0.717, 1.165) is 70.6 Å². The van der Waals surface area contributed by atoms with E-state index in [0.29, 0.717) is 12.8 Å². The number of aliphatic carboxylic acids is 1. The van der Waals surface area contributed by atoms with Crippen LogP contribution in [-0.2, 0) is 28.6 Å². The molecule has 0 saturated carbocycles. The molecule has 0 aliphatic heterocycles. The number of likely N-dealkylation sites (N-methyl/N-ethyl adjacent to an activating group) is 1. The van der Waals surface area contributed by atoms with Gasteiger partial charge in [-0.05, 0) is 70.6 Å². The molecule has 2 unspecified atom stereocenters. The molecule has 8 nitrogen and oxygen atoms in total. The van der Waals surface area contributed by atoms with Crippen molar-refractivity contribution >= 4 is 17.9 Å². The Balaban J connectivity index is 4.54. The Hall–Kier alpha value is -4.27. The molecule has 0 bridgehead atoms. The van der Waals surface area contributed by atoms with Crippen molar-refractivity contribution in [1.29, 1.82) is 0 Å². The van der Waals surface area contributed by atoms with Crippen molar-refractivity contribution < 1.29 is 38.2 Å². The van der Waals surface area contributed by atoms with Crippen LogP contribution in [-0.4, -0.2) is 75.5 Å². The molecule has 2 atom stereocenters. The molecule has 0 aromatic heterocycles. The maximum atomic E-state index is 12.7. The first kappa shape index (κ1) is 52.7. The molecular weight excluding hydrogens is 715 g/mol. The van der Waals surface area contributed by atoms with E-state index in [1.165, 1.54) is 0 Å². The van der Waals surface area contributed by atoms with Gasteiger partial charge in [-0.25, -0.2) is 0 Å². The number of quaternary nitrogens is 1. The summed E-state index contributed by atoms with van der Waals surface area (Å²) in [6.45, 7) is 4.26. The first-order valence-electron chi connectivity index (χ1n) is 21.1. The van der Waals surface area contributed by atoms with Crippen LogP contribution in [0.25, 0.3) is 0 Å². The van der Waals surface area contributed by atoms with Gasteiger partial charge in [-0.3, -0.25) is 9.59 Å². The smallest absolute Gasteiger partial charge is 0.306 e. The average Bonchev–Trinajstić information content (AvgIpc) is 3.17. The topological polar surface area (TPSA) is 102 Å². The number of ether oxygens (including phenoxy) is 3. The summed E-state index contributed by atoms with van der Waals surface area (Å²) in [5.41, 5.74) is 0. The number of carboxylic acids is 1. The Kier molecular flexibility index (Phi) is 35.7. The van der Waals surface area contributed by atoms with Crippen molar-refractivity contribution in [3.63, 3.8) is 0 Å². The van der Waals surface area contributed by atoms with E-state index in [1.807, 2.05) is 54.7 Å². The molecule has 0 aliphatic carbocycles. The molecule has 0 heterocycles. The summed E-state index contributed by atoms with van der Waals surface area (Å²) >= 11 is 0. The van der Waals surface area contributed by atoms with Crippen LogP contribution in [0.4, 0.5) is 0 Å². The SMILES string of the molecule is CC/C=C/C=C/C=C/C=C/C=C/CCCC(=O)OCC(COCCC(C(=O)[O-])[N+](C)(C)C)OC(=O)CCCCCC/C=C/C/C=C/C/C=C/C/C=C/C/C=C/CC. The Morgan fingerprint density at radius 2 is 1.04 bits per heavy atom. The van der Waals surface area contributed by atoms with Crippen molar-refractivity contribution in [1.82, 2.24) is 0 Å². The van der Waals surface area contributed by atoms with E-state index >= 15 is 0 Å². The standard InChI is InChI=1S/C49H75NO7/c1-6-8-10-12-14-16-18-20-21-22-23-24-25-26-28-30-32-34-36-38-40-48(52)57-45(43-55-42-41-46(49(53)54)50(3,4)5)44-56-47(51)39-37-35-33-31-29-27-19-17-15-13-11-9-7-2/h8-11,13-17,19-21,23-24,26-29,31,33,45-46H,6-7,12,18,22,25,30,32,34-44H2,1-5H3/b10-8+,11-9+,15-13+,16-14+,19-17+,21-20+,24-23+,28-26+,29-27+,33-31+. The number of carbonyl (C=O) groups excluding carboxylic acids is 3. The molecule has 8 heteroatoms. The molecule has 0 radical (unpaired) electrons. The number of nitrogens with zero attached hydrogens (tertiary/aromatic N) is 1. The first-order chi connectivity index (χ1) is 27.6. The van der Waals surface area contributed by atoms with Crippen LogP contribution in [0.5, 0.6) is 0 Å². The van der Waals surface area contributed by atoms with Gasteiger partial charge in [-0.2, -0.15) is 0 Å². The van der Waals surface area contributed by atoms with Gasteiger partial charge in [0.15, 0.2) is 6.10 Å². The van der Waals surface area contributed by atoms with Crippen LogP contribution in [0.15, 0.2) is 122 Å². The lowest BCUT2D eigenvalue weighted by atomic mass is 10.1. The minimum absolute atomic E-state index is 0.00205. The van der Waals surface area contributed by atoms with Gasteiger partial charge < -0.3 is 28.6 Å². The van der Waals surface area contributed by atoms with Gasteiger partial charge in [0.2, 0.25) is 0 Å². The average molecular weight is 790 g/mol. The summed E-state index contributed by atoms with van der Waals surface area (Å²) in [5.74, 6) is -1.89. The third-order valence-corrected chi connectivity index (χ3v) is 8.47. The molecule has 318 valence electrons. The highest BCUT2D eigenvalue weighted by Gasteiger charge is 2.25. The maximum Gasteiger partial charge on any atom is 0.306 e. The summed E-state index contributed by atoms with van der Waals surface area (Å²) < 4.78 is 17.0. The summed E-state index contributed by atoms with van der Waals surface area (Å²) in [6.07, 6.45) is 53.8. The lowest BCUT2D eigenvalue weighted by Gasteiger charge is -2.34. The largest absolute Gasteiger partial charge is 0.544 e.